The van der Waals surface area contributed by atoms with Gasteiger partial charge in [-0.15, -0.1) is 0 Å². The summed E-state index contributed by atoms with van der Waals surface area (Å²) in [5.41, 5.74) is 2.33. The Kier molecular flexibility index (Phi) is 8.92. The molecule has 0 fully saturated rings. The molecule has 0 spiro atoms. The summed E-state index contributed by atoms with van der Waals surface area (Å²) in [6.45, 7) is 6.15. The molecule has 0 heterocycles. The third-order valence-electron chi connectivity index (χ3n) is 5.28. The fraction of sp³-hybridized carbons (Fsp3) is 0.286. The molecule has 0 saturated carbocycles. The van der Waals surface area contributed by atoms with Crippen molar-refractivity contribution in [3.05, 3.63) is 105 Å². The van der Waals surface area contributed by atoms with E-state index in [1.54, 1.807) is 17.0 Å². The Morgan fingerprint density at radius 3 is 2.18 bits per heavy atom. The van der Waals surface area contributed by atoms with E-state index in [1.165, 1.54) is 0 Å². The van der Waals surface area contributed by atoms with Crippen molar-refractivity contribution < 1.29 is 9.59 Å². The maximum Gasteiger partial charge on any atom is 0.243 e. The van der Waals surface area contributed by atoms with Crippen LogP contribution in [0.1, 0.15) is 37.5 Å². The van der Waals surface area contributed by atoms with E-state index < -0.39 is 11.6 Å². The molecule has 0 aromatic heterocycles. The van der Waals surface area contributed by atoms with Crippen LogP contribution < -0.4 is 5.32 Å². The lowest BCUT2D eigenvalue weighted by Gasteiger charge is -2.34. The summed E-state index contributed by atoms with van der Waals surface area (Å²) in [4.78, 5) is 28.9. The number of amides is 2. The van der Waals surface area contributed by atoms with Gasteiger partial charge in [0, 0.05) is 28.0 Å². The van der Waals surface area contributed by atoms with Crippen molar-refractivity contribution in [2.24, 2.45) is 0 Å². The molecule has 3 aromatic rings. The van der Waals surface area contributed by atoms with Crippen molar-refractivity contribution in [1.82, 2.24) is 10.2 Å². The van der Waals surface area contributed by atoms with Gasteiger partial charge in [-0.25, -0.2) is 0 Å². The Hall–Kier alpha value is -2.63. The molecule has 34 heavy (non-hydrogen) atoms. The van der Waals surface area contributed by atoms with Gasteiger partial charge in [-0.2, -0.15) is 0 Å². The Bertz CT molecular complexity index is 1110. The van der Waals surface area contributed by atoms with Crippen LogP contribution in [0.4, 0.5) is 0 Å². The first-order chi connectivity index (χ1) is 16.1. The Labute approximate surface area is 215 Å². The lowest BCUT2D eigenvalue weighted by Crippen LogP contribution is -2.54. The van der Waals surface area contributed by atoms with Crippen LogP contribution in [0.15, 0.2) is 83.3 Å². The van der Waals surface area contributed by atoms with Gasteiger partial charge >= 0.3 is 0 Å². The second-order valence-electron chi connectivity index (χ2n) is 9.40. The average Bonchev–Trinajstić information content (AvgIpc) is 2.77. The van der Waals surface area contributed by atoms with E-state index in [-0.39, 0.29) is 18.2 Å². The quantitative estimate of drug-likeness (QED) is 0.369. The molecular formula is C28H30BrClN2O2. The molecule has 0 bridgehead atoms. The van der Waals surface area contributed by atoms with E-state index in [9.17, 15) is 9.59 Å². The minimum absolute atomic E-state index is 0.129. The van der Waals surface area contributed by atoms with Crippen LogP contribution in [0, 0.1) is 0 Å². The van der Waals surface area contributed by atoms with E-state index in [0.717, 1.165) is 21.2 Å². The number of nitrogens with zero attached hydrogens (tertiary/aromatic N) is 1. The SMILES string of the molecule is CC(C)(C)NC(=O)C(Cc1ccccc1)N(Cc1ccc(Br)cc1)C(=O)Cc1cccc(Cl)c1. The number of hydrogen-bond donors (Lipinski definition) is 1. The topological polar surface area (TPSA) is 49.4 Å². The maximum atomic E-state index is 13.7. The van der Waals surface area contributed by atoms with Gasteiger partial charge in [0.2, 0.25) is 11.8 Å². The van der Waals surface area contributed by atoms with E-state index >= 15 is 0 Å². The van der Waals surface area contributed by atoms with Crippen molar-refractivity contribution in [3.8, 4) is 0 Å². The predicted octanol–water partition coefficient (Wildman–Crippen LogP) is 6.20. The Balaban J connectivity index is 1.98. The zero-order valence-electron chi connectivity index (χ0n) is 19.7. The zero-order valence-corrected chi connectivity index (χ0v) is 22.1. The summed E-state index contributed by atoms with van der Waals surface area (Å²) in [5.74, 6) is -0.303. The number of benzene rings is 3. The molecule has 3 rings (SSSR count). The zero-order chi connectivity index (χ0) is 24.7. The van der Waals surface area contributed by atoms with Crippen LogP contribution in [0.5, 0.6) is 0 Å². The lowest BCUT2D eigenvalue weighted by molar-refractivity contribution is -0.141. The minimum Gasteiger partial charge on any atom is -0.350 e. The monoisotopic (exact) mass is 540 g/mol. The molecule has 0 aliphatic heterocycles. The first kappa shape index (κ1) is 26.0. The first-order valence-electron chi connectivity index (χ1n) is 11.2. The summed E-state index contributed by atoms with van der Waals surface area (Å²) < 4.78 is 0.958. The molecular weight excluding hydrogens is 512 g/mol. The summed E-state index contributed by atoms with van der Waals surface area (Å²) >= 11 is 9.62. The van der Waals surface area contributed by atoms with Crippen molar-refractivity contribution in [1.29, 1.82) is 0 Å². The van der Waals surface area contributed by atoms with Crippen molar-refractivity contribution in [2.75, 3.05) is 0 Å². The Morgan fingerprint density at radius 1 is 0.912 bits per heavy atom. The summed E-state index contributed by atoms with van der Waals surface area (Å²) in [7, 11) is 0. The molecule has 3 aromatic carbocycles. The van der Waals surface area contributed by atoms with E-state index in [4.69, 9.17) is 11.6 Å². The molecule has 2 amide bonds. The number of carbonyl (C=O) groups is 2. The van der Waals surface area contributed by atoms with E-state index in [2.05, 4.69) is 21.2 Å². The molecule has 0 aliphatic rings. The smallest absolute Gasteiger partial charge is 0.243 e. The highest BCUT2D eigenvalue weighted by Gasteiger charge is 2.32. The van der Waals surface area contributed by atoms with Gasteiger partial charge in [0.05, 0.1) is 6.42 Å². The molecule has 1 atom stereocenters. The van der Waals surface area contributed by atoms with Gasteiger partial charge in [-0.1, -0.05) is 82.1 Å². The van der Waals surface area contributed by atoms with Gasteiger partial charge in [0.15, 0.2) is 0 Å². The number of halogens is 2. The number of nitrogens with one attached hydrogen (secondary N) is 1. The molecule has 1 N–H and O–H groups in total. The largest absolute Gasteiger partial charge is 0.350 e. The number of carbonyl (C=O) groups excluding carboxylic acids is 2. The van der Waals surface area contributed by atoms with Gasteiger partial charge in [0.1, 0.15) is 6.04 Å². The highest BCUT2D eigenvalue weighted by Crippen LogP contribution is 2.20. The molecule has 0 radical (unpaired) electrons. The molecule has 1 unspecified atom stereocenters. The third-order valence-corrected chi connectivity index (χ3v) is 6.04. The molecule has 4 nitrogen and oxygen atoms in total. The van der Waals surface area contributed by atoms with Gasteiger partial charge in [0.25, 0.3) is 0 Å². The maximum absolute atomic E-state index is 13.7. The van der Waals surface area contributed by atoms with Crippen molar-refractivity contribution in [3.63, 3.8) is 0 Å². The number of hydrogen-bond acceptors (Lipinski definition) is 2. The highest BCUT2D eigenvalue weighted by atomic mass is 79.9. The van der Waals surface area contributed by atoms with Crippen LogP contribution >= 0.6 is 27.5 Å². The lowest BCUT2D eigenvalue weighted by atomic mass is 10.00. The first-order valence-corrected chi connectivity index (χ1v) is 12.4. The van der Waals surface area contributed by atoms with Gasteiger partial charge < -0.3 is 10.2 Å². The van der Waals surface area contributed by atoms with Crippen LogP contribution in [-0.4, -0.2) is 28.3 Å². The molecule has 178 valence electrons. The fourth-order valence-electron chi connectivity index (χ4n) is 3.72. The van der Waals surface area contributed by atoms with Crippen LogP contribution in [0.3, 0.4) is 0 Å². The summed E-state index contributed by atoms with van der Waals surface area (Å²) in [6.07, 6.45) is 0.575. The molecule has 6 heteroatoms. The average molecular weight is 542 g/mol. The van der Waals surface area contributed by atoms with E-state index in [1.807, 2.05) is 87.5 Å². The second kappa shape index (κ2) is 11.7. The fourth-order valence-corrected chi connectivity index (χ4v) is 4.19. The highest BCUT2D eigenvalue weighted by molar-refractivity contribution is 9.10. The molecule has 0 aliphatic carbocycles. The third kappa shape index (κ3) is 8.00. The summed E-state index contributed by atoms with van der Waals surface area (Å²) in [6, 6.07) is 24.2. The summed E-state index contributed by atoms with van der Waals surface area (Å²) in [5, 5.41) is 3.66. The van der Waals surface area contributed by atoms with Crippen molar-refractivity contribution in [2.45, 2.75) is 51.7 Å². The molecule has 0 saturated heterocycles. The minimum atomic E-state index is -0.669. The van der Waals surface area contributed by atoms with E-state index in [0.29, 0.717) is 18.0 Å². The second-order valence-corrected chi connectivity index (χ2v) is 10.8. The van der Waals surface area contributed by atoms with Gasteiger partial charge in [-0.05, 0) is 61.7 Å². The number of rotatable bonds is 8. The van der Waals surface area contributed by atoms with Crippen LogP contribution in [0.2, 0.25) is 5.02 Å². The van der Waals surface area contributed by atoms with Crippen LogP contribution in [-0.2, 0) is 29.0 Å². The van der Waals surface area contributed by atoms with Crippen LogP contribution in [0.25, 0.3) is 0 Å². The Morgan fingerprint density at radius 2 is 1.56 bits per heavy atom. The predicted molar refractivity (Wildman–Crippen MR) is 142 cm³/mol. The standard InChI is InChI=1S/C28H30BrClN2O2/c1-28(2,3)31-27(34)25(17-20-8-5-4-6-9-20)32(19-21-12-14-23(29)15-13-21)26(33)18-22-10-7-11-24(30)16-22/h4-16,25H,17-19H2,1-3H3,(H,31,34). The normalized spacial score (nSPS) is 12.1. The van der Waals surface area contributed by atoms with Gasteiger partial charge in [-0.3, -0.25) is 9.59 Å². The van der Waals surface area contributed by atoms with Crippen molar-refractivity contribution >= 4 is 39.3 Å².